The van der Waals surface area contributed by atoms with Crippen LogP contribution in [0.4, 0.5) is 5.69 Å². The Labute approximate surface area is 110 Å². The first kappa shape index (κ1) is 11.1. The number of fused-ring (bicyclic) bond motifs is 1. The van der Waals surface area contributed by atoms with E-state index in [0.717, 1.165) is 28.1 Å². The molecule has 0 fully saturated rings. The first-order chi connectivity index (χ1) is 8.66. The third-order valence-electron chi connectivity index (χ3n) is 3.04. The molecule has 1 heterocycles. The van der Waals surface area contributed by atoms with Crippen LogP contribution in [0.1, 0.15) is 0 Å². The Bertz CT molecular complexity index is 731. The molecule has 0 saturated carbocycles. The predicted octanol–water partition coefficient (Wildman–Crippen LogP) is 3.48. The number of imidazole rings is 1. The van der Waals surface area contributed by atoms with Crippen LogP contribution < -0.4 is 5.73 Å². The molecule has 0 aliphatic carbocycles. The van der Waals surface area contributed by atoms with Crippen LogP contribution in [-0.4, -0.2) is 9.55 Å². The fraction of sp³-hybridized carbons (Fsp3) is 0.0714. The molecule has 3 nitrogen and oxygen atoms in total. The second kappa shape index (κ2) is 4.03. The van der Waals surface area contributed by atoms with E-state index in [-0.39, 0.29) is 0 Å². The third kappa shape index (κ3) is 1.64. The Morgan fingerprint density at radius 1 is 1.17 bits per heavy atom. The van der Waals surface area contributed by atoms with E-state index in [0.29, 0.717) is 5.02 Å². The minimum absolute atomic E-state index is 0.688. The van der Waals surface area contributed by atoms with Crippen molar-refractivity contribution in [2.24, 2.45) is 7.05 Å². The molecule has 0 unspecified atom stereocenters. The topological polar surface area (TPSA) is 43.8 Å². The van der Waals surface area contributed by atoms with Crippen LogP contribution in [-0.2, 0) is 7.05 Å². The average Bonchev–Trinajstić information content (AvgIpc) is 2.67. The fourth-order valence-corrected chi connectivity index (χ4v) is 2.28. The molecule has 3 aromatic rings. The van der Waals surface area contributed by atoms with E-state index in [4.69, 9.17) is 17.3 Å². The quantitative estimate of drug-likeness (QED) is 0.679. The van der Waals surface area contributed by atoms with Gasteiger partial charge in [0.1, 0.15) is 5.82 Å². The second-order valence-corrected chi connectivity index (χ2v) is 4.65. The number of aryl methyl sites for hydroxylation is 1. The summed E-state index contributed by atoms with van der Waals surface area (Å²) in [6, 6.07) is 13.4. The monoisotopic (exact) mass is 257 g/mol. The van der Waals surface area contributed by atoms with E-state index in [9.17, 15) is 0 Å². The molecule has 2 N–H and O–H groups in total. The Hall–Kier alpha value is -2.00. The van der Waals surface area contributed by atoms with Gasteiger partial charge in [-0.3, -0.25) is 0 Å². The lowest BCUT2D eigenvalue weighted by Gasteiger charge is -2.05. The van der Waals surface area contributed by atoms with Gasteiger partial charge in [0.05, 0.1) is 11.0 Å². The summed E-state index contributed by atoms with van der Waals surface area (Å²) >= 11 is 5.98. The van der Waals surface area contributed by atoms with Crippen LogP contribution >= 0.6 is 11.6 Å². The molecule has 2 aromatic carbocycles. The predicted molar refractivity (Wildman–Crippen MR) is 75.6 cm³/mol. The number of nitrogens with zero attached hydrogens (tertiary/aromatic N) is 2. The zero-order valence-electron chi connectivity index (χ0n) is 9.89. The van der Waals surface area contributed by atoms with Crippen molar-refractivity contribution in [3.05, 3.63) is 47.5 Å². The largest absolute Gasteiger partial charge is 0.398 e. The minimum atomic E-state index is 0.688. The van der Waals surface area contributed by atoms with E-state index in [2.05, 4.69) is 4.98 Å². The smallest absolute Gasteiger partial charge is 0.142 e. The maximum atomic E-state index is 5.99. The van der Waals surface area contributed by atoms with Crippen molar-refractivity contribution in [3.8, 4) is 11.4 Å². The molecule has 0 bridgehead atoms. The van der Waals surface area contributed by atoms with Gasteiger partial charge in [0.15, 0.2) is 0 Å². The number of para-hydroxylation sites is 1. The fourth-order valence-electron chi connectivity index (χ4n) is 2.11. The van der Waals surface area contributed by atoms with Crippen molar-refractivity contribution < 1.29 is 0 Å². The number of halogens is 1. The van der Waals surface area contributed by atoms with Gasteiger partial charge in [-0.25, -0.2) is 4.98 Å². The van der Waals surface area contributed by atoms with E-state index < -0.39 is 0 Å². The summed E-state index contributed by atoms with van der Waals surface area (Å²) < 4.78 is 2.03. The molecule has 0 aliphatic rings. The lowest BCUT2D eigenvalue weighted by atomic mass is 10.2. The molecule has 0 radical (unpaired) electrons. The number of nitrogen functional groups attached to an aromatic ring is 1. The van der Waals surface area contributed by atoms with Gasteiger partial charge in [-0.2, -0.15) is 0 Å². The summed E-state index contributed by atoms with van der Waals surface area (Å²) in [5.74, 6) is 0.852. The summed E-state index contributed by atoms with van der Waals surface area (Å²) in [6.45, 7) is 0. The van der Waals surface area contributed by atoms with Crippen LogP contribution in [0.2, 0.25) is 5.02 Å². The summed E-state index contributed by atoms with van der Waals surface area (Å²) in [4.78, 5) is 4.60. The number of benzene rings is 2. The maximum Gasteiger partial charge on any atom is 0.142 e. The van der Waals surface area contributed by atoms with Crippen LogP contribution in [0, 0.1) is 0 Å². The Kier molecular flexibility index (Phi) is 2.49. The van der Waals surface area contributed by atoms with Gasteiger partial charge >= 0.3 is 0 Å². The highest BCUT2D eigenvalue weighted by molar-refractivity contribution is 6.31. The summed E-state index contributed by atoms with van der Waals surface area (Å²) in [5, 5.41) is 0.688. The third-order valence-corrected chi connectivity index (χ3v) is 3.28. The van der Waals surface area contributed by atoms with Gasteiger partial charge in [0, 0.05) is 23.3 Å². The molecule has 90 valence electrons. The van der Waals surface area contributed by atoms with Crippen LogP contribution in [0.15, 0.2) is 42.5 Å². The van der Waals surface area contributed by atoms with Crippen molar-refractivity contribution in [2.75, 3.05) is 5.73 Å². The minimum Gasteiger partial charge on any atom is -0.398 e. The van der Waals surface area contributed by atoms with Gasteiger partial charge in [-0.1, -0.05) is 23.7 Å². The van der Waals surface area contributed by atoms with Gasteiger partial charge < -0.3 is 10.3 Å². The summed E-state index contributed by atoms with van der Waals surface area (Å²) in [7, 11) is 1.98. The Balaban J connectivity index is 2.31. The maximum absolute atomic E-state index is 5.99. The van der Waals surface area contributed by atoms with Crippen LogP contribution in [0.5, 0.6) is 0 Å². The van der Waals surface area contributed by atoms with Gasteiger partial charge in [-0.05, 0) is 30.3 Å². The summed E-state index contributed by atoms with van der Waals surface area (Å²) in [6.07, 6.45) is 0. The van der Waals surface area contributed by atoms with Crippen LogP contribution in [0.25, 0.3) is 22.4 Å². The van der Waals surface area contributed by atoms with Gasteiger partial charge in [-0.15, -0.1) is 0 Å². The van der Waals surface area contributed by atoms with Crippen molar-refractivity contribution in [3.63, 3.8) is 0 Å². The molecule has 0 saturated heterocycles. The average molecular weight is 258 g/mol. The van der Waals surface area contributed by atoms with Gasteiger partial charge in [0.2, 0.25) is 0 Å². The van der Waals surface area contributed by atoms with E-state index in [1.165, 1.54) is 0 Å². The zero-order valence-corrected chi connectivity index (χ0v) is 10.6. The number of aromatic nitrogens is 2. The normalized spacial score (nSPS) is 11.0. The molecular weight excluding hydrogens is 246 g/mol. The summed E-state index contributed by atoms with van der Waals surface area (Å²) in [5.41, 5.74) is 9.57. The lowest BCUT2D eigenvalue weighted by molar-refractivity contribution is 0.960. The molecule has 18 heavy (non-hydrogen) atoms. The molecule has 1 aromatic heterocycles. The number of nitrogens with two attached hydrogens (primary N) is 1. The SMILES string of the molecule is Cn1c(-c2ccccc2N)nc2cc(Cl)ccc21. The first-order valence-electron chi connectivity index (χ1n) is 5.63. The van der Waals surface area contributed by atoms with E-state index in [1.807, 2.05) is 54.1 Å². The van der Waals surface area contributed by atoms with E-state index in [1.54, 1.807) is 0 Å². The molecule has 0 atom stereocenters. The molecule has 0 amide bonds. The lowest BCUT2D eigenvalue weighted by Crippen LogP contribution is -1.96. The highest BCUT2D eigenvalue weighted by Gasteiger charge is 2.11. The van der Waals surface area contributed by atoms with Crippen molar-refractivity contribution >= 4 is 28.3 Å². The molecular formula is C14H12ClN3. The van der Waals surface area contributed by atoms with Crippen molar-refractivity contribution in [1.29, 1.82) is 0 Å². The van der Waals surface area contributed by atoms with Crippen molar-refractivity contribution in [2.45, 2.75) is 0 Å². The molecule has 0 spiro atoms. The van der Waals surface area contributed by atoms with Gasteiger partial charge in [0.25, 0.3) is 0 Å². The van der Waals surface area contributed by atoms with Crippen molar-refractivity contribution in [1.82, 2.24) is 9.55 Å². The number of rotatable bonds is 1. The number of anilines is 1. The molecule has 3 rings (SSSR count). The second-order valence-electron chi connectivity index (χ2n) is 4.21. The highest BCUT2D eigenvalue weighted by Crippen LogP contribution is 2.28. The Morgan fingerprint density at radius 3 is 2.72 bits per heavy atom. The number of hydrogen-bond acceptors (Lipinski definition) is 2. The standard InChI is InChI=1S/C14H12ClN3/c1-18-13-7-6-9(15)8-12(13)17-14(18)10-4-2-3-5-11(10)16/h2-8H,16H2,1H3. The molecule has 0 aliphatic heterocycles. The molecule has 4 heteroatoms. The highest BCUT2D eigenvalue weighted by atomic mass is 35.5. The zero-order chi connectivity index (χ0) is 12.7. The van der Waals surface area contributed by atoms with Crippen LogP contribution in [0.3, 0.4) is 0 Å². The van der Waals surface area contributed by atoms with E-state index >= 15 is 0 Å². The first-order valence-corrected chi connectivity index (χ1v) is 6.01. The number of hydrogen-bond donors (Lipinski definition) is 1. The Morgan fingerprint density at radius 2 is 1.94 bits per heavy atom.